The lowest BCUT2D eigenvalue weighted by atomic mass is 10.1. The summed E-state index contributed by atoms with van der Waals surface area (Å²) in [6, 6.07) is 9.71. The van der Waals surface area contributed by atoms with Crippen molar-refractivity contribution in [2.24, 2.45) is 0 Å². The number of hydrogen-bond donors (Lipinski definition) is 3. The van der Waals surface area contributed by atoms with Crippen molar-refractivity contribution in [3.63, 3.8) is 0 Å². The summed E-state index contributed by atoms with van der Waals surface area (Å²) in [4.78, 5) is 23.3. The van der Waals surface area contributed by atoms with Crippen molar-refractivity contribution in [1.29, 1.82) is 0 Å². The number of aryl methyl sites for hydroxylation is 2. The molecule has 3 N–H and O–H groups in total. The van der Waals surface area contributed by atoms with E-state index in [4.69, 9.17) is 28.9 Å². The van der Waals surface area contributed by atoms with Crippen LogP contribution in [0.5, 0.6) is 0 Å². The molecule has 1 amide bonds. The number of carbonyl (C=O) groups excluding carboxylic acids is 1. The third-order valence-electron chi connectivity index (χ3n) is 3.45. The van der Waals surface area contributed by atoms with Gasteiger partial charge in [-0.15, -0.1) is 0 Å². The minimum Gasteiger partial charge on any atom is -0.478 e. The zero-order valence-corrected chi connectivity index (χ0v) is 14.6. The maximum atomic E-state index is 12.2. The zero-order chi connectivity index (χ0) is 17.9. The number of thiocarbonyl (C=S) groups is 1. The molecule has 2 aromatic rings. The molecule has 0 aromatic heterocycles. The van der Waals surface area contributed by atoms with Gasteiger partial charge in [-0.2, -0.15) is 0 Å². The van der Waals surface area contributed by atoms with Gasteiger partial charge in [0.2, 0.25) is 0 Å². The number of anilines is 1. The highest BCUT2D eigenvalue weighted by molar-refractivity contribution is 7.80. The molecule has 2 rings (SSSR count). The fourth-order valence-corrected chi connectivity index (χ4v) is 2.40. The van der Waals surface area contributed by atoms with Crippen LogP contribution in [0.2, 0.25) is 5.02 Å². The number of aromatic carboxylic acids is 1. The highest BCUT2D eigenvalue weighted by Crippen LogP contribution is 2.20. The van der Waals surface area contributed by atoms with Crippen molar-refractivity contribution < 1.29 is 14.7 Å². The third kappa shape index (κ3) is 4.31. The summed E-state index contributed by atoms with van der Waals surface area (Å²) in [7, 11) is 0. The second-order valence-electron chi connectivity index (χ2n) is 5.21. The van der Waals surface area contributed by atoms with Gasteiger partial charge in [-0.25, -0.2) is 4.79 Å². The maximum Gasteiger partial charge on any atom is 0.337 e. The van der Waals surface area contributed by atoms with Gasteiger partial charge in [0.25, 0.3) is 5.91 Å². The molecule has 7 heteroatoms. The molecule has 0 spiro atoms. The molecule has 24 heavy (non-hydrogen) atoms. The van der Waals surface area contributed by atoms with Crippen LogP contribution in [0.3, 0.4) is 0 Å². The van der Waals surface area contributed by atoms with Crippen molar-refractivity contribution in [2.45, 2.75) is 13.8 Å². The summed E-state index contributed by atoms with van der Waals surface area (Å²) >= 11 is 10.9. The average molecular weight is 363 g/mol. The maximum absolute atomic E-state index is 12.2. The van der Waals surface area contributed by atoms with Crippen LogP contribution < -0.4 is 10.6 Å². The van der Waals surface area contributed by atoms with Gasteiger partial charge in [-0.05, 0) is 67.5 Å². The second kappa shape index (κ2) is 7.42. The standard InChI is InChI=1S/C17H15ClN2O3S/c1-9-3-4-11(7-10(9)2)15(21)20-17(24)19-12-5-6-14(18)13(8-12)16(22)23/h3-8H,1-2H3,(H,22,23)(H2,19,20,21,24). The predicted octanol–water partition coefficient (Wildman–Crippen LogP) is 3.78. The number of amides is 1. The lowest BCUT2D eigenvalue weighted by Gasteiger charge is -2.11. The molecule has 0 atom stereocenters. The van der Waals surface area contributed by atoms with E-state index in [1.54, 1.807) is 18.2 Å². The van der Waals surface area contributed by atoms with E-state index < -0.39 is 5.97 Å². The van der Waals surface area contributed by atoms with Crippen molar-refractivity contribution >= 4 is 46.5 Å². The first-order valence-corrected chi connectivity index (χ1v) is 7.79. The molecule has 0 aliphatic heterocycles. The third-order valence-corrected chi connectivity index (χ3v) is 3.98. The summed E-state index contributed by atoms with van der Waals surface area (Å²) in [5, 5.41) is 14.6. The number of carboxylic acids is 1. The Morgan fingerprint density at radius 2 is 1.79 bits per heavy atom. The van der Waals surface area contributed by atoms with Gasteiger partial charge in [0.1, 0.15) is 0 Å². The lowest BCUT2D eigenvalue weighted by molar-refractivity contribution is 0.0697. The molecular formula is C17H15ClN2O3S. The van der Waals surface area contributed by atoms with E-state index in [1.165, 1.54) is 12.1 Å². The summed E-state index contributed by atoms with van der Waals surface area (Å²) in [6.45, 7) is 3.88. The molecule has 5 nitrogen and oxygen atoms in total. The molecular weight excluding hydrogens is 348 g/mol. The van der Waals surface area contributed by atoms with Crippen molar-refractivity contribution in [3.8, 4) is 0 Å². The largest absolute Gasteiger partial charge is 0.478 e. The van der Waals surface area contributed by atoms with Gasteiger partial charge in [0, 0.05) is 11.3 Å². The number of hydrogen-bond acceptors (Lipinski definition) is 3. The molecule has 0 bridgehead atoms. The van der Waals surface area contributed by atoms with Gasteiger partial charge >= 0.3 is 5.97 Å². The lowest BCUT2D eigenvalue weighted by Crippen LogP contribution is -2.34. The summed E-state index contributed by atoms with van der Waals surface area (Å²) in [5.41, 5.74) is 2.96. The first kappa shape index (κ1) is 17.9. The average Bonchev–Trinajstić information content (AvgIpc) is 2.51. The van der Waals surface area contributed by atoms with E-state index in [0.717, 1.165) is 11.1 Å². The van der Waals surface area contributed by atoms with E-state index in [0.29, 0.717) is 11.3 Å². The summed E-state index contributed by atoms with van der Waals surface area (Å²) < 4.78 is 0. The van der Waals surface area contributed by atoms with Crippen LogP contribution in [-0.4, -0.2) is 22.1 Å². The SMILES string of the molecule is Cc1ccc(C(=O)NC(=S)Nc2ccc(Cl)c(C(=O)O)c2)cc1C. The Kier molecular flexibility index (Phi) is 5.54. The van der Waals surface area contributed by atoms with Crippen LogP contribution >= 0.6 is 23.8 Å². The fourth-order valence-electron chi connectivity index (χ4n) is 1.99. The number of nitrogens with one attached hydrogen (secondary N) is 2. The Labute approximate surface area is 149 Å². The van der Waals surface area contributed by atoms with Crippen LogP contribution in [-0.2, 0) is 0 Å². The quantitative estimate of drug-likeness (QED) is 0.724. The smallest absolute Gasteiger partial charge is 0.337 e. The molecule has 124 valence electrons. The van der Waals surface area contributed by atoms with Gasteiger partial charge in [-0.1, -0.05) is 17.7 Å². The van der Waals surface area contributed by atoms with Crippen molar-refractivity contribution in [3.05, 3.63) is 63.7 Å². The predicted molar refractivity (Wildman–Crippen MR) is 98.0 cm³/mol. The van der Waals surface area contributed by atoms with E-state index in [-0.39, 0.29) is 21.6 Å². The van der Waals surface area contributed by atoms with Crippen molar-refractivity contribution in [2.75, 3.05) is 5.32 Å². The van der Waals surface area contributed by atoms with Crippen LogP contribution in [0.25, 0.3) is 0 Å². The summed E-state index contributed by atoms with van der Waals surface area (Å²) in [6.07, 6.45) is 0. The fraction of sp³-hybridized carbons (Fsp3) is 0.118. The number of carbonyl (C=O) groups is 2. The first-order chi connectivity index (χ1) is 11.3. The Hall–Kier alpha value is -2.44. The molecule has 0 unspecified atom stereocenters. The van der Waals surface area contributed by atoms with Crippen LogP contribution in [0.15, 0.2) is 36.4 Å². The molecule has 0 saturated heterocycles. The van der Waals surface area contributed by atoms with Gasteiger partial charge < -0.3 is 10.4 Å². The Morgan fingerprint density at radius 1 is 1.08 bits per heavy atom. The Morgan fingerprint density at radius 3 is 2.42 bits per heavy atom. The van der Waals surface area contributed by atoms with E-state index in [2.05, 4.69) is 10.6 Å². The molecule has 0 saturated carbocycles. The molecule has 0 heterocycles. The Bertz CT molecular complexity index is 837. The summed E-state index contributed by atoms with van der Waals surface area (Å²) in [5.74, 6) is -1.49. The molecule has 0 aliphatic carbocycles. The number of benzene rings is 2. The van der Waals surface area contributed by atoms with E-state index >= 15 is 0 Å². The minimum atomic E-state index is -1.14. The topological polar surface area (TPSA) is 78.4 Å². The van der Waals surface area contributed by atoms with Gasteiger partial charge in [0.15, 0.2) is 5.11 Å². The van der Waals surface area contributed by atoms with E-state index in [9.17, 15) is 9.59 Å². The van der Waals surface area contributed by atoms with Crippen LogP contribution in [0.4, 0.5) is 5.69 Å². The second-order valence-corrected chi connectivity index (χ2v) is 6.02. The zero-order valence-electron chi connectivity index (χ0n) is 13.0. The number of carboxylic acid groups (broad SMARTS) is 1. The molecule has 0 radical (unpaired) electrons. The van der Waals surface area contributed by atoms with Crippen molar-refractivity contribution in [1.82, 2.24) is 5.32 Å². The number of halogens is 1. The van der Waals surface area contributed by atoms with Gasteiger partial charge in [0.05, 0.1) is 10.6 Å². The van der Waals surface area contributed by atoms with E-state index in [1.807, 2.05) is 19.9 Å². The minimum absolute atomic E-state index is 0.0510. The highest BCUT2D eigenvalue weighted by atomic mass is 35.5. The normalized spacial score (nSPS) is 10.1. The molecule has 0 aliphatic rings. The molecule has 2 aromatic carbocycles. The van der Waals surface area contributed by atoms with Gasteiger partial charge in [-0.3, -0.25) is 10.1 Å². The first-order valence-electron chi connectivity index (χ1n) is 7.00. The Balaban J connectivity index is 2.07. The molecule has 0 fully saturated rings. The number of rotatable bonds is 3. The van der Waals surface area contributed by atoms with Crippen LogP contribution in [0, 0.1) is 13.8 Å². The van der Waals surface area contributed by atoms with Crippen LogP contribution in [0.1, 0.15) is 31.8 Å². The monoisotopic (exact) mass is 362 g/mol. The highest BCUT2D eigenvalue weighted by Gasteiger charge is 2.12.